The molecule has 0 saturated carbocycles. The quantitative estimate of drug-likeness (QED) is 0.316. The van der Waals surface area contributed by atoms with Crippen LogP contribution in [0.15, 0.2) is 65.2 Å². The van der Waals surface area contributed by atoms with Crippen molar-refractivity contribution in [1.29, 1.82) is 0 Å². The van der Waals surface area contributed by atoms with Crippen molar-refractivity contribution in [2.45, 2.75) is 19.8 Å². The fourth-order valence-corrected chi connectivity index (χ4v) is 3.20. The van der Waals surface area contributed by atoms with Gasteiger partial charge in [0.25, 0.3) is 0 Å². The molecule has 5 nitrogen and oxygen atoms in total. The number of anilines is 1. The van der Waals surface area contributed by atoms with E-state index in [0.717, 1.165) is 27.4 Å². The molecule has 0 radical (unpaired) electrons. The van der Waals surface area contributed by atoms with Gasteiger partial charge in [-0.1, -0.05) is 32.0 Å². The summed E-state index contributed by atoms with van der Waals surface area (Å²) in [5.41, 5.74) is 10.2. The van der Waals surface area contributed by atoms with E-state index in [9.17, 15) is 0 Å². The average molecular weight is 351 g/mol. The van der Waals surface area contributed by atoms with Crippen LogP contribution >= 0.6 is 11.3 Å². The average Bonchev–Trinajstić information content (AvgIpc) is 3.16. The van der Waals surface area contributed by atoms with Gasteiger partial charge in [0.15, 0.2) is 5.84 Å². The lowest BCUT2D eigenvalue weighted by Gasteiger charge is -2.16. The van der Waals surface area contributed by atoms with E-state index in [4.69, 9.17) is 11.6 Å². The van der Waals surface area contributed by atoms with Gasteiger partial charge in [0.05, 0.1) is 5.69 Å². The standard InChI is InChI=1S/C19H21N5S/c1-13(2)15-9-8-14(17-6-3-4-10-22-17)12-16(15)19(20)23-24(21)18-7-5-11-25-18/h3-13H,21H2,1-2H3,(H2,20,23). The van der Waals surface area contributed by atoms with Crippen molar-refractivity contribution in [3.8, 4) is 11.3 Å². The molecule has 128 valence electrons. The maximum absolute atomic E-state index is 6.30. The first-order valence-electron chi connectivity index (χ1n) is 8.04. The Bertz CT molecular complexity index is 857. The van der Waals surface area contributed by atoms with E-state index >= 15 is 0 Å². The van der Waals surface area contributed by atoms with Crippen LogP contribution in [0.3, 0.4) is 0 Å². The van der Waals surface area contributed by atoms with E-state index in [2.05, 4.69) is 36.1 Å². The molecular formula is C19H21N5S. The molecule has 0 unspecified atom stereocenters. The monoisotopic (exact) mass is 351 g/mol. The van der Waals surface area contributed by atoms with Gasteiger partial charge in [0.2, 0.25) is 0 Å². The number of thiophene rings is 1. The third kappa shape index (κ3) is 3.87. The topological polar surface area (TPSA) is 80.5 Å². The Hall–Kier alpha value is -2.70. The van der Waals surface area contributed by atoms with E-state index < -0.39 is 0 Å². The molecule has 6 heteroatoms. The predicted octanol–water partition coefficient (Wildman–Crippen LogP) is 3.93. The Labute approximate surface area is 151 Å². The zero-order valence-electron chi connectivity index (χ0n) is 14.3. The molecule has 0 atom stereocenters. The second-order valence-electron chi connectivity index (χ2n) is 5.95. The molecule has 3 rings (SSSR count). The second kappa shape index (κ2) is 7.46. The number of hydrazine groups is 1. The zero-order chi connectivity index (χ0) is 17.8. The number of hydrazone groups is 1. The lowest BCUT2D eigenvalue weighted by atomic mass is 9.94. The first kappa shape index (κ1) is 17.1. The fraction of sp³-hybridized carbons (Fsp3) is 0.158. The summed E-state index contributed by atoms with van der Waals surface area (Å²) in [6.45, 7) is 4.26. The Balaban J connectivity index is 2.03. The summed E-state index contributed by atoms with van der Waals surface area (Å²) in [4.78, 5) is 4.41. The van der Waals surface area contributed by atoms with Crippen molar-refractivity contribution < 1.29 is 0 Å². The van der Waals surface area contributed by atoms with Gasteiger partial charge < -0.3 is 5.73 Å². The lowest BCUT2D eigenvalue weighted by Crippen LogP contribution is -2.29. The van der Waals surface area contributed by atoms with Gasteiger partial charge in [0.1, 0.15) is 5.00 Å². The van der Waals surface area contributed by atoms with E-state index in [1.165, 1.54) is 16.5 Å². The van der Waals surface area contributed by atoms with Crippen molar-refractivity contribution >= 4 is 22.2 Å². The van der Waals surface area contributed by atoms with Crippen LogP contribution in [-0.2, 0) is 0 Å². The number of pyridine rings is 1. The number of aromatic nitrogens is 1. The van der Waals surface area contributed by atoms with Gasteiger partial charge in [-0.3, -0.25) is 4.98 Å². The van der Waals surface area contributed by atoms with Crippen LogP contribution in [-0.4, -0.2) is 10.8 Å². The lowest BCUT2D eigenvalue weighted by molar-refractivity contribution is 0.861. The molecule has 0 aliphatic heterocycles. The fourth-order valence-electron chi connectivity index (χ4n) is 2.59. The van der Waals surface area contributed by atoms with E-state index in [1.54, 1.807) is 6.20 Å². The second-order valence-corrected chi connectivity index (χ2v) is 6.88. The van der Waals surface area contributed by atoms with Gasteiger partial charge in [0, 0.05) is 17.3 Å². The van der Waals surface area contributed by atoms with Crippen LogP contribution in [0.4, 0.5) is 5.00 Å². The van der Waals surface area contributed by atoms with E-state index in [-0.39, 0.29) is 0 Å². The summed E-state index contributed by atoms with van der Waals surface area (Å²) in [6.07, 6.45) is 1.78. The van der Waals surface area contributed by atoms with Gasteiger partial charge in [-0.05, 0) is 47.2 Å². The number of amidine groups is 1. The molecule has 3 aromatic rings. The maximum atomic E-state index is 6.30. The van der Waals surface area contributed by atoms with Crippen LogP contribution in [0.2, 0.25) is 0 Å². The van der Waals surface area contributed by atoms with Crippen LogP contribution in [0.25, 0.3) is 11.3 Å². The van der Waals surface area contributed by atoms with E-state index in [0.29, 0.717) is 11.8 Å². The third-order valence-electron chi connectivity index (χ3n) is 3.86. The highest BCUT2D eigenvalue weighted by molar-refractivity contribution is 7.14. The largest absolute Gasteiger partial charge is 0.382 e. The number of hydrogen-bond acceptors (Lipinski definition) is 5. The molecule has 0 amide bonds. The Morgan fingerprint density at radius 2 is 2.00 bits per heavy atom. The molecule has 0 bridgehead atoms. The highest BCUT2D eigenvalue weighted by atomic mass is 32.1. The van der Waals surface area contributed by atoms with Gasteiger partial charge >= 0.3 is 0 Å². The number of nitrogens with zero attached hydrogens (tertiary/aromatic N) is 3. The zero-order valence-corrected chi connectivity index (χ0v) is 15.1. The summed E-state index contributed by atoms with van der Waals surface area (Å²) in [5.74, 6) is 6.72. The van der Waals surface area contributed by atoms with Crippen molar-refractivity contribution in [2.75, 3.05) is 5.12 Å². The number of rotatable bonds is 5. The molecule has 4 N–H and O–H groups in total. The summed E-state index contributed by atoms with van der Waals surface area (Å²) in [7, 11) is 0. The van der Waals surface area contributed by atoms with Crippen LogP contribution < -0.4 is 16.7 Å². The molecule has 0 aliphatic rings. The highest BCUT2D eigenvalue weighted by Gasteiger charge is 2.13. The van der Waals surface area contributed by atoms with Crippen LogP contribution in [0.5, 0.6) is 0 Å². The smallest absolute Gasteiger partial charge is 0.153 e. The molecule has 0 aliphatic carbocycles. The highest BCUT2D eigenvalue weighted by Crippen LogP contribution is 2.26. The maximum Gasteiger partial charge on any atom is 0.153 e. The molecule has 25 heavy (non-hydrogen) atoms. The molecular weight excluding hydrogens is 330 g/mol. The molecule has 0 fully saturated rings. The Morgan fingerprint density at radius 3 is 2.64 bits per heavy atom. The SMILES string of the molecule is CC(C)c1ccc(-c2ccccn2)cc1/C(N)=N/N(N)c1cccs1. The first-order chi connectivity index (χ1) is 12.1. The minimum Gasteiger partial charge on any atom is -0.382 e. The van der Waals surface area contributed by atoms with Gasteiger partial charge in [-0.2, -0.15) is 5.12 Å². The number of nitrogens with two attached hydrogens (primary N) is 2. The summed E-state index contributed by atoms with van der Waals surface area (Å²) in [6, 6.07) is 15.8. The van der Waals surface area contributed by atoms with Crippen molar-refractivity contribution in [1.82, 2.24) is 4.98 Å². The molecule has 0 saturated heterocycles. The van der Waals surface area contributed by atoms with Gasteiger partial charge in [-0.15, -0.1) is 16.4 Å². The molecule has 2 aromatic heterocycles. The molecule has 1 aromatic carbocycles. The minimum absolute atomic E-state index is 0.314. The summed E-state index contributed by atoms with van der Waals surface area (Å²) >= 11 is 1.51. The van der Waals surface area contributed by atoms with Gasteiger partial charge in [-0.25, -0.2) is 5.84 Å². The molecule has 0 spiro atoms. The minimum atomic E-state index is 0.314. The summed E-state index contributed by atoms with van der Waals surface area (Å²) < 4.78 is 0. The Kier molecular flexibility index (Phi) is 5.11. The first-order valence-corrected chi connectivity index (χ1v) is 8.92. The number of benzene rings is 1. The summed E-state index contributed by atoms with van der Waals surface area (Å²) in [5, 5.41) is 8.46. The van der Waals surface area contributed by atoms with Crippen molar-refractivity contribution in [3.63, 3.8) is 0 Å². The molecule has 2 heterocycles. The van der Waals surface area contributed by atoms with Crippen LogP contribution in [0, 0.1) is 0 Å². The van der Waals surface area contributed by atoms with E-state index in [1.807, 2.05) is 41.8 Å². The van der Waals surface area contributed by atoms with Crippen LogP contribution in [0.1, 0.15) is 30.9 Å². The predicted molar refractivity (Wildman–Crippen MR) is 105 cm³/mol. The van der Waals surface area contributed by atoms with Crippen molar-refractivity contribution in [2.24, 2.45) is 16.7 Å². The third-order valence-corrected chi connectivity index (χ3v) is 4.72. The number of hydrogen-bond donors (Lipinski definition) is 2. The normalized spacial score (nSPS) is 11.8. The van der Waals surface area contributed by atoms with Crippen molar-refractivity contribution in [3.05, 3.63) is 71.2 Å². The Morgan fingerprint density at radius 1 is 1.16 bits per heavy atom.